The Labute approximate surface area is 209 Å². The van der Waals surface area contributed by atoms with Crippen molar-refractivity contribution >= 4 is 23.4 Å². The number of fused-ring (bicyclic) bond motifs is 1. The fourth-order valence-electron chi connectivity index (χ4n) is 4.08. The van der Waals surface area contributed by atoms with Crippen molar-refractivity contribution < 1.29 is 9.53 Å². The van der Waals surface area contributed by atoms with E-state index in [1.165, 1.54) is 0 Å². The summed E-state index contributed by atoms with van der Waals surface area (Å²) >= 11 is 0. The maximum absolute atomic E-state index is 13.1. The number of para-hydroxylation sites is 1. The van der Waals surface area contributed by atoms with Crippen LogP contribution in [0.25, 0.3) is 0 Å². The Morgan fingerprint density at radius 2 is 1.83 bits per heavy atom. The molecule has 0 saturated carbocycles. The van der Waals surface area contributed by atoms with Crippen molar-refractivity contribution in [3.05, 3.63) is 114 Å². The third-order valence-corrected chi connectivity index (χ3v) is 5.94. The second kappa shape index (κ2) is 10.3. The molecule has 1 amide bonds. The van der Waals surface area contributed by atoms with Crippen LogP contribution in [-0.4, -0.2) is 28.0 Å². The van der Waals surface area contributed by atoms with Crippen molar-refractivity contribution in [1.82, 2.24) is 20.3 Å². The lowest BCUT2D eigenvalue weighted by molar-refractivity contribution is 0.0950. The predicted molar refractivity (Wildman–Crippen MR) is 139 cm³/mol. The van der Waals surface area contributed by atoms with Gasteiger partial charge in [-0.2, -0.15) is 4.98 Å². The summed E-state index contributed by atoms with van der Waals surface area (Å²) in [6, 6.07) is 21.4. The molecule has 2 aromatic heterocycles. The first-order chi connectivity index (χ1) is 17.6. The molecule has 0 spiro atoms. The SMILES string of the molecule is C=C1Cc2ccccc2N1c1ncc(C(=O)NCc2ccccn2)c(NCc2ccc(OC)cc2)n1. The number of amides is 1. The van der Waals surface area contributed by atoms with Crippen molar-refractivity contribution in [3.8, 4) is 5.75 Å². The van der Waals surface area contributed by atoms with Crippen LogP contribution in [0.1, 0.15) is 27.2 Å². The summed E-state index contributed by atoms with van der Waals surface area (Å²) in [7, 11) is 1.63. The summed E-state index contributed by atoms with van der Waals surface area (Å²) in [4.78, 5) is 28.6. The maximum Gasteiger partial charge on any atom is 0.256 e. The average molecular weight is 479 g/mol. The molecule has 36 heavy (non-hydrogen) atoms. The van der Waals surface area contributed by atoms with Crippen LogP contribution in [0, 0.1) is 0 Å². The monoisotopic (exact) mass is 478 g/mol. The Bertz CT molecular complexity index is 1390. The number of ether oxygens (including phenoxy) is 1. The van der Waals surface area contributed by atoms with Crippen molar-refractivity contribution in [2.75, 3.05) is 17.3 Å². The number of anilines is 3. The fourth-order valence-corrected chi connectivity index (χ4v) is 4.08. The molecular formula is C28H26N6O2. The largest absolute Gasteiger partial charge is 0.497 e. The summed E-state index contributed by atoms with van der Waals surface area (Å²) < 4.78 is 5.24. The molecule has 0 bridgehead atoms. The number of hydrogen-bond acceptors (Lipinski definition) is 7. The summed E-state index contributed by atoms with van der Waals surface area (Å²) in [5.41, 5.74) is 5.17. The molecule has 5 rings (SSSR count). The number of aromatic nitrogens is 3. The molecule has 3 heterocycles. The number of carbonyl (C=O) groups is 1. The van der Waals surface area contributed by atoms with Gasteiger partial charge in [0.1, 0.15) is 17.1 Å². The molecule has 1 aliphatic rings. The molecule has 0 fully saturated rings. The smallest absolute Gasteiger partial charge is 0.256 e. The van der Waals surface area contributed by atoms with Gasteiger partial charge in [-0.15, -0.1) is 0 Å². The molecule has 0 saturated heterocycles. The van der Waals surface area contributed by atoms with E-state index in [9.17, 15) is 4.79 Å². The van der Waals surface area contributed by atoms with E-state index in [0.717, 1.165) is 40.4 Å². The molecule has 0 radical (unpaired) electrons. The molecule has 0 unspecified atom stereocenters. The Morgan fingerprint density at radius 1 is 1.03 bits per heavy atom. The first-order valence-electron chi connectivity index (χ1n) is 11.6. The van der Waals surface area contributed by atoms with Gasteiger partial charge >= 0.3 is 0 Å². The second-order valence-electron chi connectivity index (χ2n) is 8.34. The molecule has 2 N–H and O–H groups in total. The van der Waals surface area contributed by atoms with Crippen molar-refractivity contribution in [3.63, 3.8) is 0 Å². The highest BCUT2D eigenvalue weighted by Gasteiger charge is 2.27. The molecule has 4 aromatic rings. The highest BCUT2D eigenvalue weighted by Crippen LogP contribution is 2.38. The lowest BCUT2D eigenvalue weighted by Gasteiger charge is -2.20. The van der Waals surface area contributed by atoms with Crippen molar-refractivity contribution in [2.24, 2.45) is 0 Å². The number of carbonyl (C=O) groups excluding carboxylic acids is 1. The van der Waals surface area contributed by atoms with Crippen LogP contribution in [0.4, 0.5) is 17.5 Å². The number of rotatable bonds is 8. The Balaban J connectivity index is 1.43. The minimum absolute atomic E-state index is 0.287. The van der Waals surface area contributed by atoms with Crippen LogP contribution in [-0.2, 0) is 19.5 Å². The van der Waals surface area contributed by atoms with Crippen molar-refractivity contribution in [2.45, 2.75) is 19.5 Å². The number of nitrogens with one attached hydrogen (secondary N) is 2. The third-order valence-electron chi connectivity index (χ3n) is 5.94. The van der Waals surface area contributed by atoms with Crippen LogP contribution in [0.2, 0.25) is 0 Å². The van der Waals surface area contributed by atoms with Gasteiger partial charge in [-0.3, -0.25) is 14.7 Å². The zero-order valence-electron chi connectivity index (χ0n) is 19.9. The topological polar surface area (TPSA) is 92.3 Å². The van der Waals surface area contributed by atoms with E-state index in [-0.39, 0.29) is 5.91 Å². The Kier molecular flexibility index (Phi) is 6.57. The number of hydrogen-bond donors (Lipinski definition) is 2. The van der Waals surface area contributed by atoms with Gasteiger partial charge in [0.05, 0.1) is 25.0 Å². The van der Waals surface area contributed by atoms with Crippen LogP contribution in [0.15, 0.2) is 91.4 Å². The quantitative estimate of drug-likeness (QED) is 0.381. The number of methoxy groups -OCH3 is 1. The lowest BCUT2D eigenvalue weighted by atomic mass is 10.1. The maximum atomic E-state index is 13.1. The fraction of sp³-hybridized carbons (Fsp3) is 0.143. The molecule has 1 aliphatic heterocycles. The van der Waals surface area contributed by atoms with Crippen LogP contribution in [0.5, 0.6) is 5.75 Å². The van der Waals surface area contributed by atoms with E-state index < -0.39 is 0 Å². The first kappa shape index (κ1) is 23.0. The number of benzene rings is 2. The zero-order chi connectivity index (χ0) is 24.9. The minimum Gasteiger partial charge on any atom is -0.497 e. The molecule has 0 aliphatic carbocycles. The van der Waals surface area contributed by atoms with Gasteiger partial charge < -0.3 is 15.4 Å². The zero-order valence-corrected chi connectivity index (χ0v) is 19.9. The van der Waals surface area contributed by atoms with E-state index in [2.05, 4.69) is 33.2 Å². The van der Waals surface area contributed by atoms with Gasteiger partial charge in [-0.25, -0.2) is 4.98 Å². The second-order valence-corrected chi connectivity index (χ2v) is 8.34. The molecule has 8 heteroatoms. The molecule has 180 valence electrons. The highest BCUT2D eigenvalue weighted by molar-refractivity contribution is 5.98. The van der Waals surface area contributed by atoms with Gasteiger partial charge in [0.15, 0.2) is 0 Å². The molecule has 0 atom stereocenters. The van der Waals surface area contributed by atoms with Gasteiger partial charge in [0.25, 0.3) is 5.91 Å². The Hall–Kier alpha value is -4.72. The standard InChI is InChI=1S/C28H26N6O2/c1-19-15-21-7-3-4-9-25(21)34(19)28-32-18-24(27(35)31-17-22-8-5-6-14-29-22)26(33-28)30-16-20-10-12-23(36-2)13-11-20/h3-14,18H,1,15-17H2,2H3,(H,31,35)(H,30,32,33). The number of nitrogens with zero attached hydrogens (tertiary/aromatic N) is 4. The highest BCUT2D eigenvalue weighted by atomic mass is 16.5. The number of pyridine rings is 1. The minimum atomic E-state index is -0.287. The lowest BCUT2D eigenvalue weighted by Crippen LogP contribution is -2.26. The third kappa shape index (κ3) is 4.88. The van der Waals surface area contributed by atoms with E-state index in [0.29, 0.717) is 30.4 Å². The van der Waals surface area contributed by atoms with Gasteiger partial charge in [-0.05, 0) is 41.5 Å². The predicted octanol–water partition coefficient (Wildman–Crippen LogP) is 4.63. The molecule has 2 aromatic carbocycles. The van der Waals surface area contributed by atoms with Gasteiger partial charge in [-0.1, -0.05) is 43.0 Å². The van der Waals surface area contributed by atoms with Gasteiger partial charge in [0, 0.05) is 31.1 Å². The normalized spacial score (nSPS) is 12.2. The summed E-state index contributed by atoms with van der Waals surface area (Å²) in [6.45, 7) is 4.99. The summed E-state index contributed by atoms with van der Waals surface area (Å²) in [5.74, 6) is 1.39. The molecular weight excluding hydrogens is 452 g/mol. The van der Waals surface area contributed by atoms with Crippen LogP contribution < -0.4 is 20.3 Å². The average Bonchev–Trinajstić information content (AvgIpc) is 3.27. The van der Waals surface area contributed by atoms with E-state index in [1.54, 1.807) is 19.5 Å². The van der Waals surface area contributed by atoms with Crippen LogP contribution >= 0.6 is 0 Å². The first-order valence-corrected chi connectivity index (χ1v) is 11.6. The van der Waals surface area contributed by atoms with Crippen molar-refractivity contribution in [1.29, 1.82) is 0 Å². The Morgan fingerprint density at radius 3 is 2.61 bits per heavy atom. The summed E-state index contributed by atoms with van der Waals surface area (Å²) in [6.07, 6.45) is 3.98. The summed E-state index contributed by atoms with van der Waals surface area (Å²) in [5, 5.41) is 6.24. The van der Waals surface area contributed by atoms with E-state index in [4.69, 9.17) is 9.72 Å². The van der Waals surface area contributed by atoms with E-state index in [1.807, 2.05) is 65.6 Å². The van der Waals surface area contributed by atoms with Gasteiger partial charge in [0.2, 0.25) is 5.95 Å². The van der Waals surface area contributed by atoms with E-state index >= 15 is 0 Å². The molecule has 8 nitrogen and oxygen atoms in total. The number of allylic oxidation sites excluding steroid dienone is 1. The van der Waals surface area contributed by atoms with Crippen LogP contribution in [0.3, 0.4) is 0 Å².